The number of nitrogens with one attached hydrogen (secondary N) is 1. The van der Waals surface area contributed by atoms with Gasteiger partial charge in [-0.25, -0.2) is 14.8 Å². The number of nitro groups is 1. The molecule has 3 aliphatic heterocycles. The van der Waals surface area contributed by atoms with Crippen LogP contribution in [0.3, 0.4) is 0 Å². The number of anilines is 1. The van der Waals surface area contributed by atoms with Crippen LogP contribution in [0.1, 0.15) is 49.7 Å². The van der Waals surface area contributed by atoms with Crippen LogP contribution in [-0.4, -0.2) is 96.0 Å². The number of hydrogen-bond acceptors (Lipinski definition) is 9. The van der Waals surface area contributed by atoms with Crippen molar-refractivity contribution in [3.8, 4) is 11.5 Å². The maximum atomic E-state index is 13.9. The summed E-state index contributed by atoms with van der Waals surface area (Å²) in [6.45, 7) is 3.47. The molecular weight excluding hydrogens is 912 g/mol. The number of piperidine rings is 2. The lowest BCUT2D eigenvalue weighted by Gasteiger charge is -2.40. The number of rotatable bonds is 11. The molecule has 2 amide bonds. The topological polar surface area (TPSA) is 130 Å². The minimum absolute atomic E-state index is 0.0517. The molecule has 0 radical (unpaired) electrons. The van der Waals surface area contributed by atoms with Gasteiger partial charge in [-0.2, -0.15) is 26.3 Å². The number of non-ortho nitro benzene ring substituents is 1. The van der Waals surface area contributed by atoms with Gasteiger partial charge in [-0.05, 0) is 100 Å². The highest BCUT2D eigenvalue weighted by molar-refractivity contribution is 9.11. The van der Waals surface area contributed by atoms with Gasteiger partial charge in [0.05, 0.1) is 19.6 Å². The van der Waals surface area contributed by atoms with Crippen molar-refractivity contribution in [1.29, 1.82) is 0 Å². The Bertz CT molecular complexity index is 1890. The van der Waals surface area contributed by atoms with Crippen molar-refractivity contribution in [2.24, 2.45) is 0 Å². The zero-order valence-corrected chi connectivity index (χ0v) is 34.1. The first-order valence-electron chi connectivity index (χ1n) is 18.6. The first-order chi connectivity index (χ1) is 27.4. The van der Waals surface area contributed by atoms with Crippen LogP contribution in [0.4, 0.5) is 42.5 Å². The molecule has 316 valence electrons. The average molecular weight is 954 g/mol. The van der Waals surface area contributed by atoms with Gasteiger partial charge in [-0.3, -0.25) is 15.0 Å². The molecule has 2 N–H and O–H groups in total. The fourth-order valence-corrected chi connectivity index (χ4v) is 8.12. The molecule has 6 rings (SSSR count). The quantitative estimate of drug-likeness (QED) is 0.110. The molecule has 3 saturated heterocycles. The summed E-state index contributed by atoms with van der Waals surface area (Å²) in [4.78, 5) is 26.6. The Labute approximate surface area is 346 Å². The molecule has 3 aliphatic rings. The smallest absolute Gasteiger partial charge is 0.430 e. The Morgan fingerprint density at radius 1 is 0.828 bits per heavy atom. The van der Waals surface area contributed by atoms with Crippen molar-refractivity contribution in [2.75, 3.05) is 44.4 Å². The SMILES string of the molecule is O=C(NC1CCOCC1)N(c1ccc(OC2CCN(Cc3ccc(C(O)(C(F)(F)F)C(F)(F)F)cc3)CC2)c(Br)c1)N1CCC(Oc2ccc([N+](=O)[O-])cc2Br)CC1. The van der Waals surface area contributed by atoms with Gasteiger partial charge >= 0.3 is 18.4 Å². The Balaban J connectivity index is 1.07. The number of hydrazine groups is 1. The van der Waals surface area contributed by atoms with Crippen molar-refractivity contribution in [3.05, 3.63) is 90.9 Å². The van der Waals surface area contributed by atoms with Gasteiger partial charge in [-0.15, -0.1) is 0 Å². The number of aliphatic hydroxyl groups is 1. The summed E-state index contributed by atoms with van der Waals surface area (Å²) >= 11 is 6.99. The van der Waals surface area contributed by atoms with Gasteiger partial charge in [-0.1, -0.05) is 24.3 Å². The Morgan fingerprint density at radius 3 is 1.88 bits per heavy atom. The number of carbonyl (C=O) groups is 1. The second kappa shape index (κ2) is 18.3. The third-order valence-corrected chi connectivity index (χ3v) is 11.7. The molecule has 58 heavy (non-hydrogen) atoms. The lowest BCUT2D eigenvalue weighted by molar-refractivity contribution is -0.385. The summed E-state index contributed by atoms with van der Waals surface area (Å²) in [5, 5.41) is 27.6. The van der Waals surface area contributed by atoms with Crippen molar-refractivity contribution in [2.45, 2.75) is 81.3 Å². The maximum absolute atomic E-state index is 13.9. The molecular formula is C38H41Br2F6N5O7. The molecule has 3 aromatic carbocycles. The lowest BCUT2D eigenvalue weighted by Crippen LogP contribution is -2.56. The minimum atomic E-state index is -5.95. The van der Waals surface area contributed by atoms with Gasteiger partial charge in [0, 0.05) is 69.7 Å². The van der Waals surface area contributed by atoms with E-state index in [4.69, 9.17) is 14.2 Å². The van der Waals surface area contributed by atoms with Crippen molar-refractivity contribution >= 4 is 49.3 Å². The average Bonchev–Trinajstić information content (AvgIpc) is 3.17. The molecule has 0 unspecified atom stereocenters. The summed E-state index contributed by atoms with van der Waals surface area (Å²) < 4.78 is 98.8. The number of carbonyl (C=O) groups excluding carboxylic acids is 1. The summed E-state index contributed by atoms with van der Waals surface area (Å²) in [5.74, 6) is 1.05. The zero-order chi connectivity index (χ0) is 41.8. The number of amides is 2. The second-order valence-electron chi connectivity index (χ2n) is 14.4. The van der Waals surface area contributed by atoms with Gasteiger partial charge < -0.3 is 24.6 Å². The lowest BCUT2D eigenvalue weighted by atomic mass is 9.91. The van der Waals surface area contributed by atoms with E-state index in [1.54, 1.807) is 23.2 Å². The number of halogens is 8. The highest BCUT2D eigenvalue weighted by Crippen LogP contribution is 2.50. The van der Waals surface area contributed by atoms with Gasteiger partial charge in [0.1, 0.15) is 23.7 Å². The maximum Gasteiger partial charge on any atom is 0.430 e. The minimum Gasteiger partial charge on any atom is -0.489 e. The first kappa shape index (κ1) is 43.9. The first-order valence-corrected chi connectivity index (χ1v) is 20.2. The molecule has 12 nitrogen and oxygen atoms in total. The van der Waals surface area contributed by atoms with Crippen LogP contribution >= 0.6 is 31.9 Å². The fourth-order valence-electron chi connectivity index (χ4n) is 7.20. The summed E-state index contributed by atoms with van der Waals surface area (Å²) in [7, 11) is 0. The normalized spacial score (nSPS) is 18.5. The third kappa shape index (κ3) is 10.2. The second-order valence-corrected chi connectivity index (χ2v) is 16.1. The molecule has 0 spiro atoms. The van der Waals surface area contributed by atoms with E-state index in [-0.39, 0.29) is 36.5 Å². The highest BCUT2D eigenvalue weighted by atomic mass is 79.9. The van der Waals surface area contributed by atoms with E-state index in [1.807, 2.05) is 16.0 Å². The molecule has 0 aliphatic carbocycles. The number of hydrogen-bond donors (Lipinski definition) is 2. The van der Waals surface area contributed by atoms with Crippen LogP contribution < -0.4 is 19.8 Å². The van der Waals surface area contributed by atoms with E-state index in [9.17, 15) is 46.4 Å². The predicted molar refractivity (Wildman–Crippen MR) is 206 cm³/mol. The summed E-state index contributed by atoms with van der Waals surface area (Å²) in [5.41, 5.74) is -5.23. The fraction of sp³-hybridized carbons (Fsp3) is 0.500. The van der Waals surface area contributed by atoms with Crippen LogP contribution in [0.2, 0.25) is 0 Å². The Hall–Kier alpha value is -3.69. The van der Waals surface area contributed by atoms with Gasteiger partial charge in [0.25, 0.3) is 11.3 Å². The monoisotopic (exact) mass is 951 g/mol. The van der Waals surface area contributed by atoms with Crippen LogP contribution in [0.5, 0.6) is 11.5 Å². The van der Waals surface area contributed by atoms with Crippen LogP contribution in [-0.2, 0) is 16.9 Å². The van der Waals surface area contributed by atoms with E-state index in [2.05, 4.69) is 37.2 Å². The molecule has 0 atom stereocenters. The largest absolute Gasteiger partial charge is 0.489 e. The van der Waals surface area contributed by atoms with E-state index in [0.29, 0.717) is 122 Å². The molecule has 0 bridgehead atoms. The van der Waals surface area contributed by atoms with Gasteiger partial charge in [0.15, 0.2) is 0 Å². The van der Waals surface area contributed by atoms with Crippen molar-refractivity contribution < 1.29 is 55.4 Å². The van der Waals surface area contributed by atoms with Crippen LogP contribution in [0.15, 0.2) is 69.6 Å². The van der Waals surface area contributed by atoms with E-state index >= 15 is 0 Å². The van der Waals surface area contributed by atoms with E-state index in [1.165, 1.54) is 12.1 Å². The number of likely N-dealkylation sites (tertiary alicyclic amines) is 1. The number of nitrogens with zero attached hydrogens (tertiary/aromatic N) is 4. The number of urea groups is 1. The van der Waals surface area contributed by atoms with Gasteiger partial charge in [0.2, 0.25) is 0 Å². The number of ether oxygens (including phenoxy) is 3. The van der Waals surface area contributed by atoms with E-state index < -0.39 is 28.4 Å². The Kier molecular flexibility index (Phi) is 13.8. The zero-order valence-electron chi connectivity index (χ0n) is 30.9. The molecule has 0 aromatic heterocycles. The summed E-state index contributed by atoms with van der Waals surface area (Å²) in [6, 6.07) is 13.0. The molecule has 20 heteroatoms. The van der Waals surface area contributed by atoms with Crippen LogP contribution in [0.25, 0.3) is 0 Å². The predicted octanol–water partition coefficient (Wildman–Crippen LogP) is 8.63. The third-order valence-electron chi connectivity index (χ3n) is 10.4. The summed E-state index contributed by atoms with van der Waals surface area (Å²) in [6.07, 6.45) is -8.53. The number of benzene rings is 3. The van der Waals surface area contributed by atoms with Crippen molar-refractivity contribution in [1.82, 2.24) is 15.2 Å². The van der Waals surface area contributed by atoms with Crippen molar-refractivity contribution in [3.63, 3.8) is 0 Å². The molecule has 3 heterocycles. The number of nitro benzene ring substituents is 1. The highest BCUT2D eigenvalue weighted by Gasteiger charge is 2.71. The standard InChI is InChI=1S/C38H41Br2F6N5O7/c39-31-21-27(5-7-33(31)57-29-9-15-48(16-10-29)23-24-1-3-25(4-2-24)36(53,37(41,42)43)38(44,45)46)50(35(52)47-26-13-19-56-20-14-26)49-17-11-30(12-18-49)58-34-8-6-28(51(54)55)22-32(34)40/h1-8,21-22,26,29-30,53H,9-20,23H2,(H,47,52). The van der Waals surface area contributed by atoms with Crippen LogP contribution in [0, 0.1) is 10.1 Å². The molecule has 3 fully saturated rings. The van der Waals surface area contributed by atoms with E-state index in [0.717, 1.165) is 12.1 Å². The molecule has 3 aromatic rings. The molecule has 0 saturated carbocycles. The Morgan fingerprint density at radius 2 is 1.36 bits per heavy atom. The number of alkyl halides is 6.